The van der Waals surface area contributed by atoms with Gasteiger partial charge in [-0.3, -0.25) is 9.59 Å². The lowest BCUT2D eigenvalue weighted by Crippen LogP contribution is -2.35. The second-order valence-corrected chi connectivity index (χ2v) is 11.1. The van der Waals surface area contributed by atoms with Gasteiger partial charge in [0, 0.05) is 13.1 Å². The highest BCUT2D eigenvalue weighted by atomic mass is 16.5. The second-order valence-electron chi connectivity index (χ2n) is 11.1. The number of para-hydroxylation sites is 2. The predicted octanol–water partition coefficient (Wildman–Crippen LogP) is 8.09. The Labute approximate surface area is 287 Å². The molecular formula is C38H30N8O4. The molecule has 1 aromatic heterocycles. The lowest BCUT2D eigenvalue weighted by Gasteiger charge is -2.17. The number of hydrogen-bond acceptors (Lipinski definition) is 10. The van der Waals surface area contributed by atoms with Crippen molar-refractivity contribution in [1.82, 2.24) is 20.6 Å². The highest BCUT2D eigenvalue weighted by Gasteiger charge is 2.19. The van der Waals surface area contributed by atoms with Crippen LogP contribution in [0.15, 0.2) is 142 Å². The third-order valence-corrected chi connectivity index (χ3v) is 7.64. The molecule has 1 aliphatic heterocycles. The standard InChI is InChI=1S/C38H30N8O4/c47-37-29-21-27(45-43-25-9-3-1-4-10-25)15-17-35(29)49-23-33-34(42-32-14-8-7-13-31(32)41-33)24-50-36-18-16-28(46-44-26-11-5-2-6-12-26)22-30(36)38(48)40-20-19-39-37/h1-18,21-22H,19-20,23-24H2,(H,39,47)(H,40,48). The van der Waals surface area contributed by atoms with Crippen molar-refractivity contribution in [3.8, 4) is 11.5 Å². The van der Waals surface area contributed by atoms with E-state index in [2.05, 4.69) is 31.1 Å². The first-order chi connectivity index (χ1) is 24.6. The van der Waals surface area contributed by atoms with Gasteiger partial charge in [0.1, 0.15) is 36.1 Å². The van der Waals surface area contributed by atoms with Gasteiger partial charge >= 0.3 is 0 Å². The van der Waals surface area contributed by atoms with E-state index in [0.29, 0.717) is 56.7 Å². The number of amides is 2. The van der Waals surface area contributed by atoms with Crippen molar-refractivity contribution in [3.63, 3.8) is 0 Å². The Morgan fingerprint density at radius 2 is 0.880 bits per heavy atom. The van der Waals surface area contributed by atoms with Crippen LogP contribution in [0.25, 0.3) is 11.0 Å². The van der Waals surface area contributed by atoms with E-state index in [1.54, 1.807) is 36.4 Å². The number of carbonyl (C=O) groups is 2. The minimum atomic E-state index is -0.407. The van der Waals surface area contributed by atoms with Crippen molar-refractivity contribution >= 4 is 45.6 Å². The summed E-state index contributed by atoms with van der Waals surface area (Å²) in [7, 11) is 0. The zero-order valence-corrected chi connectivity index (χ0v) is 26.7. The minimum Gasteiger partial charge on any atom is -0.486 e. The summed E-state index contributed by atoms with van der Waals surface area (Å²) in [6.45, 7) is 0.273. The van der Waals surface area contributed by atoms with Crippen molar-refractivity contribution < 1.29 is 19.1 Å². The number of nitrogens with zero attached hydrogens (tertiary/aromatic N) is 6. The van der Waals surface area contributed by atoms with E-state index in [0.717, 1.165) is 0 Å². The van der Waals surface area contributed by atoms with Gasteiger partial charge in [-0.1, -0.05) is 48.5 Å². The maximum absolute atomic E-state index is 13.5. The summed E-state index contributed by atoms with van der Waals surface area (Å²) in [6, 6.07) is 36.1. The van der Waals surface area contributed by atoms with Gasteiger partial charge in [-0.25, -0.2) is 9.97 Å². The molecule has 12 nitrogen and oxygen atoms in total. The Morgan fingerprint density at radius 1 is 0.480 bits per heavy atom. The van der Waals surface area contributed by atoms with Crippen LogP contribution in [0.5, 0.6) is 11.5 Å². The van der Waals surface area contributed by atoms with Crippen molar-refractivity contribution in [2.24, 2.45) is 20.5 Å². The number of hydrogen-bond donors (Lipinski definition) is 2. The molecule has 6 aromatic rings. The van der Waals surface area contributed by atoms with Gasteiger partial charge in [-0.05, 0) is 72.8 Å². The Morgan fingerprint density at radius 3 is 1.32 bits per heavy atom. The van der Waals surface area contributed by atoms with Crippen molar-refractivity contribution in [2.75, 3.05) is 13.1 Å². The van der Waals surface area contributed by atoms with Gasteiger partial charge in [0.15, 0.2) is 0 Å². The largest absolute Gasteiger partial charge is 0.486 e. The molecule has 0 aliphatic carbocycles. The molecule has 2 N–H and O–H groups in total. The third kappa shape index (κ3) is 7.66. The number of nitrogens with one attached hydrogen (secondary N) is 2. The highest BCUT2D eigenvalue weighted by Crippen LogP contribution is 2.30. The van der Waals surface area contributed by atoms with E-state index in [9.17, 15) is 9.59 Å². The number of benzene rings is 5. The van der Waals surface area contributed by atoms with Gasteiger partial charge in [-0.15, -0.1) is 0 Å². The van der Waals surface area contributed by atoms with Crippen LogP contribution >= 0.6 is 0 Å². The number of azo groups is 2. The Kier molecular flexibility index (Phi) is 9.49. The molecular weight excluding hydrogens is 632 g/mol. The molecule has 0 unspecified atom stereocenters. The Hall–Kier alpha value is -6.82. The van der Waals surface area contributed by atoms with Crippen LogP contribution in [0.3, 0.4) is 0 Å². The molecule has 2 amide bonds. The molecule has 12 heteroatoms. The molecule has 5 aromatic carbocycles. The van der Waals surface area contributed by atoms with Crippen molar-refractivity contribution in [1.29, 1.82) is 0 Å². The molecule has 0 bridgehead atoms. The smallest absolute Gasteiger partial charge is 0.255 e. The summed E-state index contributed by atoms with van der Waals surface area (Å²) in [6.07, 6.45) is 0. The lowest BCUT2D eigenvalue weighted by molar-refractivity contribution is 0.0922. The van der Waals surface area contributed by atoms with E-state index in [1.165, 1.54) is 0 Å². The summed E-state index contributed by atoms with van der Waals surface area (Å²) in [4.78, 5) is 36.7. The van der Waals surface area contributed by atoms with Crippen LogP contribution in [-0.4, -0.2) is 34.9 Å². The molecule has 0 fully saturated rings. The Bertz CT molecular complexity index is 2070. The molecule has 7 rings (SSSR count). The summed E-state index contributed by atoms with van der Waals surface area (Å²) >= 11 is 0. The van der Waals surface area contributed by atoms with Gasteiger partial charge in [-0.2, -0.15) is 20.5 Å². The summed E-state index contributed by atoms with van der Waals surface area (Å²) in [5.41, 5.74) is 5.14. The molecule has 0 spiro atoms. The van der Waals surface area contributed by atoms with E-state index in [4.69, 9.17) is 19.4 Å². The van der Waals surface area contributed by atoms with Gasteiger partial charge < -0.3 is 20.1 Å². The fourth-order valence-corrected chi connectivity index (χ4v) is 5.13. The van der Waals surface area contributed by atoms with Gasteiger partial charge in [0.05, 0.1) is 44.9 Å². The molecule has 0 saturated carbocycles. The third-order valence-electron chi connectivity index (χ3n) is 7.64. The van der Waals surface area contributed by atoms with Crippen LogP contribution in [0.4, 0.5) is 22.7 Å². The second kappa shape index (κ2) is 14.9. The predicted molar refractivity (Wildman–Crippen MR) is 187 cm³/mol. The number of fused-ring (bicyclic) bond motifs is 4. The van der Waals surface area contributed by atoms with Gasteiger partial charge in [0.25, 0.3) is 11.8 Å². The first-order valence-corrected chi connectivity index (χ1v) is 15.9. The minimum absolute atomic E-state index is 0.00611. The van der Waals surface area contributed by atoms with E-state index in [-0.39, 0.29) is 37.4 Å². The summed E-state index contributed by atoms with van der Waals surface area (Å²) in [5.74, 6) is -0.172. The SMILES string of the molecule is O=C1NCCNC(=O)c2cc(N=Nc3ccccc3)ccc2OCc2nc3ccccc3nc2COc2ccc(N=Nc3ccccc3)cc21. The average Bonchev–Trinajstić information content (AvgIpc) is 3.16. The molecule has 2 heterocycles. The van der Waals surface area contributed by atoms with E-state index >= 15 is 0 Å². The van der Waals surface area contributed by atoms with Crippen LogP contribution in [0.1, 0.15) is 32.1 Å². The topological polar surface area (TPSA) is 152 Å². The van der Waals surface area contributed by atoms with E-state index < -0.39 is 11.8 Å². The monoisotopic (exact) mass is 662 g/mol. The zero-order chi connectivity index (χ0) is 34.1. The van der Waals surface area contributed by atoms with Crippen LogP contribution in [0.2, 0.25) is 0 Å². The highest BCUT2D eigenvalue weighted by molar-refractivity contribution is 5.99. The average molecular weight is 663 g/mol. The number of ether oxygens (including phenoxy) is 2. The van der Waals surface area contributed by atoms with Crippen molar-refractivity contribution in [3.05, 3.63) is 144 Å². The van der Waals surface area contributed by atoms with Crippen LogP contribution in [-0.2, 0) is 13.2 Å². The number of rotatable bonds is 4. The van der Waals surface area contributed by atoms with Crippen LogP contribution < -0.4 is 20.1 Å². The quantitative estimate of drug-likeness (QED) is 0.182. The maximum atomic E-state index is 13.5. The lowest BCUT2D eigenvalue weighted by atomic mass is 10.1. The van der Waals surface area contributed by atoms with Gasteiger partial charge in [0.2, 0.25) is 0 Å². The first kappa shape index (κ1) is 31.8. The molecule has 0 atom stereocenters. The molecule has 246 valence electrons. The summed E-state index contributed by atoms with van der Waals surface area (Å²) < 4.78 is 12.5. The fraction of sp³-hybridized carbons (Fsp3) is 0.105. The zero-order valence-electron chi connectivity index (χ0n) is 26.7. The molecule has 50 heavy (non-hydrogen) atoms. The van der Waals surface area contributed by atoms with E-state index in [1.807, 2.05) is 84.9 Å². The molecule has 1 aliphatic rings. The fourth-order valence-electron chi connectivity index (χ4n) is 5.13. The number of aromatic nitrogens is 2. The Balaban J connectivity index is 1.22. The number of carbonyl (C=O) groups excluding carboxylic acids is 2. The van der Waals surface area contributed by atoms with Crippen molar-refractivity contribution in [2.45, 2.75) is 13.2 Å². The van der Waals surface area contributed by atoms with Crippen LogP contribution in [0, 0.1) is 0 Å². The molecule has 0 saturated heterocycles. The maximum Gasteiger partial charge on any atom is 0.255 e. The summed E-state index contributed by atoms with van der Waals surface area (Å²) in [5, 5.41) is 22.9. The first-order valence-electron chi connectivity index (χ1n) is 15.9. The normalized spacial score (nSPS) is 13.8. The molecule has 0 radical (unpaired) electrons.